The van der Waals surface area contributed by atoms with Gasteiger partial charge in [0, 0.05) is 55.4 Å². The Bertz CT molecular complexity index is 1250. The van der Waals surface area contributed by atoms with Gasteiger partial charge >= 0.3 is 0 Å². The van der Waals surface area contributed by atoms with E-state index in [9.17, 15) is 0 Å². The minimum Gasteiger partial charge on any atom is -0.337 e. The van der Waals surface area contributed by atoms with Crippen LogP contribution in [0.15, 0.2) is 85.1 Å². The summed E-state index contributed by atoms with van der Waals surface area (Å²) < 4.78 is 0. The van der Waals surface area contributed by atoms with Crippen LogP contribution in [-0.2, 0) is 32.7 Å². The van der Waals surface area contributed by atoms with E-state index in [1.54, 1.807) is 0 Å². The smallest absolute Gasteiger partial charge is 0.138 e. The topological polar surface area (TPSA) is 41.6 Å². The van der Waals surface area contributed by atoms with E-state index in [1.165, 1.54) is 5.56 Å². The number of hydrogen-bond donors (Lipinski definition) is 1. The van der Waals surface area contributed by atoms with E-state index in [-0.39, 0.29) is 32.7 Å². The molecule has 0 aliphatic carbocycles. The number of aromatic amines is 1. The van der Waals surface area contributed by atoms with E-state index in [4.69, 9.17) is 4.98 Å². The zero-order chi connectivity index (χ0) is 18.9. The molecule has 1 radical (unpaired) electrons. The van der Waals surface area contributed by atoms with Crippen LogP contribution in [0.2, 0.25) is 0 Å². The monoisotopic (exact) mass is 449 g/mol. The molecule has 0 spiro atoms. The standard InChI is InChI=1S/C25H18N3.Y/c1-17-11-13-19(14-12-17)25-27-23(18-7-3-2-4-8-18)24(28-25)21-15-16-26-22-10-6-5-9-20(21)22;/h3-16H,1H3,(H,27,28);/q-1;. The number of H-pyrrole nitrogens is 1. The number of benzene rings is 3. The van der Waals surface area contributed by atoms with Crippen LogP contribution in [0, 0.1) is 13.0 Å². The predicted molar refractivity (Wildman–Crippen MR) is 114 cm³/mol. The Morgan fingerprint density at radius 1 is 0.828 bits per heavy atom. The number of nitrogens with zero attached hydrogens (tertiary/aromatic N) is 2. The summed E-state index contributed by atoms with van der Waals surface area (Å²) in [6, 6.07) is 29.7. The van der Waals surface area contributed by atoms with Gasteiger partial charge in [-0.05, 0) is 19.1 Å². The minimum atomic E-state index is 0. The van der Waals surface area contributed by atoms with Gasteiger partial charge in [-0.2, -0.15) is 30.3 Å². The molecule has 0 aliphatic rings. The molecule has 5 rings (SSSR count). The number of aryl methyl sites for hydroxylation is 1. The van der Waals surface area contributed by atoms with Crippen molar-refractivity contribution in [1.82, 2.24) is 15.0 Å². The zero-order valence-corrected chi connectivity index (χ0v) is 18.9. The van der Waals surface area contributed by atoms with Gasteiger partial charge in [-0.3, -0.25) is 4.98 Å². The van der Waals surface area contributed by atoms with Crippen LogP contribution in [-0.4, -0.2) is 15.0 Å². The number of imidazole rings is 1. The molecule has 3 aromatic carbocycles. The molecular formula is C25H18N3Y-. The maximum atomic E-state index is 4.97. The van der Waals surface area contributed by atoms with Gasteiger partial charge in [0.05, 0.1) is 16.9 Å². The predicted octanol–water partition coefficient (Wildman–Crippen LogP) is 6.07. The maximum Gasteiger partial charge on any atom is 0.138 e. The molecule has 2 aromatic heterocycles. The fraction of sp³-hybridized carbons (Fsp3) is 0.0400. The van der Waals surface area contributed by atoms with Gasteiger partial charge in [-0.15, -0.1) is 5.56 Å². The SMILES string of the molecule is Cc1ccc(-c2nc(-c3cc[c-]cc3)c(-c3ccnc4ccccc34)[nH]2)cc1.[Y]. The molecule has 0 unspecified atom stereocenters. The third-order valence-electron chi connectivity index (χ3n) is 4.94. The molecule has 2 heterocycles. The molecule has 0 bridgehead atoms. The Kier molecular flexibility index (Phi) is 5.70. The third kappa shape index (κ3) is 3.81. The quantitative estimate of drug-likeness (QED) is 0.340. The number of aromatic nitrogens is 3. The van der Waals surface area contributed by atoms with E-state index in [1.807, 2.05) is 54.7 Å². The van der Waals surface area contributed by atoms with E-state index in [2.05, 4.69) is 53.3 Å². The molecule has 0 fully saturated rings. The van der Waals surface area contributed by atoms with Gasteiger partial charge in [0.15, 0.2) is 0 Å². The van der Waals surface area contributed by atoms with Crippen LogP contribution in [0.25, 0.3) is 44.8 Å². The van der Waals surface area contributed by atoms with Crippen molar-refractivity contribution in [2.75, 3.05) is 0 Å². The number of fused-ring (bicyclic) bond motifs is 1. The number of para-hydroxylation sites is 1. The second-order valence-corrected chi connectivity index (χ2v) is 6.84. The summed E-state index contributed by atoms with van der Waals surface area (Å²) in [4.78, 5) is 13.1. The summed E-state index contributed by atoms with van der Waals surface area (Å²) >= 11 is 0. The average Bonchev–Trinajstić information content (AvgIpc) is 3.20. The Balaban J connectivity index is 0.00000205. The van der Waals surface area contributed by atoms with Gasteiger partial charge in [0.2, 0.25) is 0 Å². The fourth-order valence-electron chi connectivity index (χ4n) is 3.48. The zero-order valence-electron chi connectivity index (χ0n) is 16.1. The number of rotatable bonds is 3. The summed E-state index contributed by atoms with van der Waals surface area (Å²) in [5.41, 5.74) is 7.36. The summed E-state index contributed by atoms with van der Waals surface area (Å²) in [5, 5.41) is 1.10. The first-order chi connectivity index (χ1) is 13.8. The second kappa shape index (κ2) is 8.40. The molecule has 0 atom stereocenters. The van der Waals surface area contributed by atoms with E-state index >= 15 is 0 Å². The van der Waals surface area contributed by atoms with Crippen LogP contribution in [0.4, 0.5) is 0 Å². The first-order valence-electron chi connectivity index (χ1n) is 9.27. The average molecular weight is 449 g/mol. The van der Waals surface area contributed by atoms with Crippen molar-refractivity contribution >= 4 is 10.9 Å². The van der Waals surface area contributed by atoms with Crippen LogP contribution in [0.3, 0.4) is 0 Å². The van der Waals surface area contributed by atoms with Gasteiger partial charge in [-0.25, -0.2) is 4.98 Å². The van der Waals surface area contributed by atoms with Crippen molar-refractivity contribution in [1.29, 1.82) is 0 Å². The third-order valence-corrected chi connectivity index (χ3v) is 4.94. The molecule has 1 N–H and O–H groups in total. The first-order valence-corrected chi connectivity index (χ1v) is 9.27. The molecule has 0 saturated heterocycles. The molecule has 4 heteroatoms. The van der Waals surface area contributed by atoms with Crippen LogP contribution in [0.1, 0.15) is 5.56 Å². The largest absolute Gasteiger partial charge is 0.337 e. The maximum absolute atomic E-state index is 4.97. The van der Waals surface area contributed by atoms with Crippen molar-refractivity contribution in [2.45, 2.75) is 6.92 Å². The van der Waals surface area contributed by atoms with Crippen molar-refractivity contribution < 1.29 is 32.7 Å². The summed E-state index contributed by atoms with van der Waals surface area (Å²) in [6.07, 6.45) is 1.85. The summed E-state index contributed by atoms with van der Waals surface area (Å²) in [5.74, 6) is 0.860. The Labute approximate surface area is 195 Å². The van der Waals surface area contributed by atoms with E-state index in [0.29, 0.717) is 0 Å². The summed E-state index contributed by atoms with van der Waals surface area (Å²) in [7, 11) is 0. The molecule has 29 heavy (non-hydrogen) atoms. The summed E-state index contributed by atoms with van der Waals surface area (Å²) in [6.45, 7) is 2.09. The van der Waals surface area contributed by atoms with Crippen molar-refractivity contribution in [2.24, 2.45) is 0 Å². The number of nitrogens with one attached hydrogen (secondary N) is 1. The van der Waals surface area contributed by atoms with E-state index in [0.717, 1.165) is 44.8 Å². The Hall–Kier alpha value is -2.62. The van der Waals surface area contributed by atoms with Gasteiger partial charge < -0.3 is 4.98 Å². The van der Waals surface area contributed by atoms with Gasteiger partial charge in [0.1, 0.15) is 5.82 Å². The van der Waals surface area contributed by atoms with Crippen molar-refractivity contribution in [3.63, 3.8) is 0 Å². The molecule has 3 nitrogen and oxygen atoms in total. The molecule has 0 amide bonds. The number of pyridine rings is 1. The molecule has 5 aromatic rings. The van der Waals surface area contributed by atoms with Crippen LogP contribution < -0.4 is 0 Å². The van der Waals surface area contributed by atoms with Crippen LogP contribution in [0.5, 0.6) is 0 Å². The number of hydrogen-bond acceptors (Lipinski definition) is 2. The Morgan fingerprint density at radius 2 is 1.59 bits per heavy atom. The van der Waals surface area contributed by atoms with Gasteiger partial charge in [0.25, 0.3) is 0 Å². The van der Waals surface area contributed by atoms with Gasteiger partial charge in [-0.1, -0.05) is 48.0 Å². The molecule has 137 valence electrons. The minimum absolute atomic E-state index is 0. The van der Waals surface area contributed by atoms with Crippen LogP contribution >= 0.6 is 0 Å². The Morgan fingerprint density at radius 3 is 2.38 bits per heavy atom. The first kappa shape index (κ1) is 19.7. The molecule has 0 saturated carbocycles. The molecular weight excluding hydrogens is 431 g/mol. The fourth-order valence-corrected chi connectivity index (χ4v) is 3.48. The normalized spacial score (nSPS) is 10.7. The second-order valence-electron chi connectivity index (χ2n) is 6.84. The van der Waals surface area contributed by atoms with Crippen molar-refractivity contribution in [3.05, 3.63) is 96.7 Å². The molecule has 0 aliphatic heterocycles. The van der Waals surface area contributed by atoms with E-state index < -0.39 is 0 Å². The van der Waals surface area contributed by atoms with Crippen molar-refractivity contribution in [3.8, 4) is 33.9 Å².